The monoisotopic (exact) mass is 387 g/mol. The second kappa shape index (κ2) is 7.14. The number of imide groups is 2. The van der Waals surface area contributed by atoms with E-state index in [1.807, 2.05) is 0 Å². The van der Waals surface area contributed by atoms with Crippen LogP contribution in [0.2, 0.25) is 0 Å². The normalized spacial score (nSPS) is 19.8. The van der Waals surface area contributed by atoms with E-state index in [4.69, 9.17) is 9.47 Å². The Kier molecular flexibility index (Phi) is 4.66. The van der Waals surface area contributed by atoms with Crippen molar-refractivity contribution in [3.05, 3.63) is 18.2 Å². The largest absolute Gasteiger partial charge is 0.486 e. The molecule has 1 saturated carbocycles. The Bertz CT molecular complexity index is 846. The minimum atomic E-state index is -0.753. The molecule has 1 saturated heterocycles. The molecule has 3 aliphatic rings. The van der Waals surface area contributed by atoms with Gasteiger partial charge in [-0.3, -0.25) is 24.6 Å². The Labute approximate surface area is 161 Å². The third-order valence-electron chi connectivity index (χ3n) is 5.40. The molecular formula is C19H21N3O6. The highest BCUT2D eigenvalue weighted by Crippen LogP contribution is 2.46. The number of fused-ring (bicyclic) bond motifs is 1. The molecule has 0 unspecified atom stereocenters. The molecule has 148 valence electrons. The zero-order chi connectivity index (χ0) is 19.7. The van der Waals surface area contributed by atoms with Crippen molar-refractivity contribution in [2.45, 2.75) is 32.1 Å². The number of hydrogen-bond donors (Lipinski definition) is 2. The average Bonchev–Trinajstić information content (AvgIpc) is 3.22. The molecule has 1 spiro atoms. The van der Waals surface area contributed by atoms with E-state index in [1.54, 1.807) is 18.2 Å². The number of rotatable bonds is 3. The van der Waals surface area contributed by atoms with Crippen LogP contribution in [0, 0.1) is 5.41 Å². The van der Waals surface area contributed by atoms with Crippen LogP contribution in [0.25, 0.3) is 0 Å². The summed E-state index contributed by atoms with van der Waals surface area (Å²) in [4.78, 5) is 50.0. The topological polar surface area (TPSA) is 114 Å². The van der Waals surface area contributed by atoms with Crippen molar-refractivity contribution in [3.8, 4) is 11.5 Å². The van der Waals surface area contributed by atoms with Gasteiger partial charge in [-0.05, 0) is 25.0 Å². The lowest BCUT2D eigenvalue weighted by molar-refractivity contribution is -0.144. The predicted molar refractivity (Wildman–Crippen MR) is 96.8 cm³/mol. The minimum absolute atomic E-state index is 0.155. The lowest BCUT2D eigenvalue weighted by Gasteiger charge is -2.20. The van der Waals surface area contributed by atoms with Crippen LogP contribution in [0.3, 0.4) is 0 Å². The van der Waals surface area contributed by atoms with E-state index in [9.17, 15) is 19.2 Å². The van der Waals surface area contributed by atoms with E-state index in [0.29, 0.717) is 43.2 Å². The molecule has 9 nitrogen and oxygen atoms in total. The minimum Gasteiger partial charge on any atom is -0.486 e. The highest BCUT2D eigenvalue weighted by molar-refractivity contribution is 6.10. The molecule has 2 aliphatic heterocycles. The van der Waals surface area contributed by atoms with Gasteiger partial charge in [0.1, 0.15) is 19.8 Å². The van der Waals surface area contributed by atoms with Crippen molar-refractivity contribution in [3.63, 3.8) is 0 Å². The molecule has 2 N–H and O–H groups in total. The molecule has 1 aliphatic carbocycles. The molecule has 0 atom stereocenters. The summed E-state index contributed by atoms with van der Waals surface area (Å²) in [6.45, 7) is 0.429. The summed E-state index contributed by atoms with van der Waals surface area (Å²) in [6.07, 6.45) is 3.34. The first kappa shape index (κ1) is 18.3. The number of ether oxygens (including phenoxy) is 2. The van der Waals surface area contributed by atoms with Gasteiger partial charge in [0.05, 0.1) is 5.41 Å². The Morgan fingerprint density at radius 2 is 1.79 bits per heavy atom. The van der Waals surface area contributed by atoms with Gasteiger partial charge in [-0.1, -0.05) is 12.8 Å². The lowest BCUT2D eigenvalue weighted by Crippen LogP contribution is -2.44. The van der Waals surface area contributed by atoms with Gasteiger partial charge in [0.2, 0.25) is 17.7 Å². The van der Waals surface area contributed by atoms with Crippen molar-refractivity contribution in [2.24, 2.45) is 5.41 Å². The maximum absolute atomic E-state index is 12.6. The predicted octanol–water partition coefficient (Wildman–Crippen LogP) is 1.43. The number of carbonyl (C=O) groups is 4. The van der Waals surface area contributed by atoms with E-state index in [1.165, 1.54) is 0 Å². The van der Waals surface area contributed by atoms with Gasteiger partial charge < -0.3 is 14.8 Å². The highest BCUT2D eigenvalue weighted by Gasteiger charge is 2.52. The summed E-state index contributed by atoms with van der Waals surface area (Å²) in [7, 11) is 0. The maximum atomic E-state index is 12.6. The van der Waals surface area contributed by atoms with Gasteiger partial charge in [0, 0.05) is 18.2 Å². The molecule has 0 aromatic heterocycles. The highest BCUT2D eigenvalue weighted by atomic mass is 16.6. The summed E-state index contributed by atoms with van der Waals surface area (Å²) in [5, 5.41) is 4.67. The third kappa shape index (κ3) is 3.39. The van der Waals surface area contributed by atoms with E-state index in [0.717, 1.165) is 17.7 Å². The summed E-state index contributed by atoms with van der Waals surface area (Å²) < 4.78 is 10.8. The smallest absolute Gasteiger partial charge is 0.325 e. The molecule has 0 bridgehead atoms. The lowest BCUT2D eigenvalue weighted by atomic mass is 9.84. The average molecular weight is 387 g/mol. The molecule has 5 amide bonds. The van der Waals surface area contributed by atoms with Crippen LogP contribution in [-0.4, -0.2) is 48.4 Å². The number of urea groups is 1. The molecule has 2 heterocycles. The molecule has 0 radical (unpaired) electrons. The van der Waals surface area contributed by atoms with Crippen LogP contribution in [0.1, 0.15) is 32.1 Å². The zero-order valence-corrected chi connectivity index (χ0v) is 15.3. The van der Waals surface area contributed by atoms with Crippen molar-refractivity contribution in [1.29, 1.82) is 0 Å². The molecule has 9 heteroatoms. The Hall–Kier alpha value is -3.10. The molecule has 1 aromatic rings. The number of likely N-dealkylation sites (tertiary alicyclic amines) is 1. The van der Waals surface area contributed by atoms with Gasteiger partial charge in [0.15, 0.2) is 11.5 Å². The molecule has 1 aromatic carbocycles. The van der Waals surface area contributed by atoms with Gasteiger partial charge in [-0.25, -0.2) is 4.79 Å². The number of amides is 5. The van der Waals surface area contributed by atoms with Crippen LogP contribution in [0.15, 0.2) is 18.2 Å². The van der Waals surface area contributed by atoms with Crippen LogP contribution in [0.5, 0.6) is 11.5 Å². The Morgan fingerprint density at radius 1 is 1.07 bits per heavy atom. The number of anilines is 1. The van der Waals surface area contributed by atoms with Crippen molar-refractivity contribution < 1.29 is 28.7 Å². The van der Waals surface area contributed by atoms with Crippen LogP contribution in [0.4, 0.5) is 10.5 Å². The van der Waals surface area contributed by atoms with Gasteiger partial charge >= 0.3 is 6.03 Å². The second-order valence-electron chi connectivity index (χ2n) is 7.31. The fourth-order valence-electron chi connectivity index (χ4n) is 4.06. The van der Waals surface area contributed by atoms with Crippen LogP contribution in [-0.2, 0) is 14.4 Å². The first-order chi connectivity index (χ1) is 13.5. The van der Waals surface area contributed by atoms with E-state index < -0.39 is 23.9 Å². The Morgan fingerprint density at radius 3 is 2.54 bits per heavy atom. The van der Waals surface area contributed by atoms with Crippen molar-refractivity contribution >= 4 is 29.4 Å². The number of nitrogens with zero attached hydrogens (tertiary/aromatic N) is 1. The standard InChI is InChI=1S/C19H21N3O6/c23-15(11-22-16(24)10-19(17(22)25)5-1-2-6-19)21-18(26)20-12-3-4-13-14(9-12)28-8-7-27-13/h3-4,9H,1-2,5-8,10-11H2,(H2,20,21,23,26). The van der Waals surface area contributed by atoms with Gasteiger partial charge in [0.25, 0.3) is 0 Å². The maximum Gasteiger partial charge on any atom is 0.325 e. The summed E-state index contributed by atoms with van der Waals surface area (Å²) in [5.74, 6) is -0.274. The number of nitrogens with one attached hydrogen (secondary N) is 2. The third-order valence-corrected chi connectivity index (χ3v) is 5.40. The summed E-state index contributed by atoms with van der Waals surface area (Å²) in [6, 6.07) is 4.12. The van der Waals surface area contributed by atoms with E-state index in [2.05, 4.69) is 10.6 Å². The molecular weight excluding hydrogens is 366 g/mol. The number of hydrogen-bond acceptors (Lipinski definition) is 6. The van der Waals surface area contributed by atoms with E-state index in [-0.39, 0.29) is 18.2 Å². The second-order valence-corrected chi connectivity index (χ2v) is 7.31. The number of benzene rings is 1. The van der Waals surface area contributed by atoms with Crippen LogP contribution < -0.4 is 20.1 Å². The van der Waals surface area contributed by atoms with E-state index >= 15 is 0 Å². The SMILES string of the molecule is O=C(CN1C(=O)CC2(CCCC2)C1=O)NC(=O)Nc1ccc2c(c1)OCCO2. The van der Waals surface area contributed by atoms with Gasteiger partial charge in [-0.2, -0.15) is 0 Å². The first-order valence-corrected chi connectivity index (χ1v) is 9.32. The fourth-order valence-corrected chi connectivity index (χ4v) is 4.06. The van der Waals surface area contributed by atoms with Gasteiger partial charge in [-0.15, -0.1) is 0 Å². The zero-order valence-electron chi connectivity index (χ0n) is 15.3. The van der Waals surface area contributed by atoms with Crippen molar-refractivity contribution in [1.82, 2.24) is 10.2 Å². The molecule has 28 heavy (non-hydrogen) atoms. The quantitative estimate of drug-likeness (QED) is 0.759. The molecule has 4 rings (SSSR count). The number of carbonyl (C=O) groups excluding carboxylic acids is 4. The molecule has 2 fully saturated rings. The fraction of sp³-hybridized carbons (Fsp3) is 0.474. The summed E-state index contributed by atoms with van der Waals surface area (Å²) >= 11 is 0. The van der Waals surface area contributed by atoms with Crippen LogP contribution >= 0.6 is 0 Å². The summed E-state index contributed by atoms with van der Waals surface area (Å²) in [5.41, 5.74) is -0.210. The van der Waals surface area contributed by atoms with Crippen molar-refractivity contribution in [2.75, 3.05) is 25.1 Å². The Balaban J connectivity index is 1.33. The first-order valence-electron chi connectivity index (χ1n) is 9.32.